The van der Waals surface area contributed by atoms with Gasteiger partial charge in [-0.05, 0) is 93.7 Å². The molecule has 0 saturated heterocycles. The number of carbonyl (C=O) groups is 4. The van der Waals surface area contributed by atoms with Gasteiger partial charge in [0.1, 0.15) is 0 Å². The second-order valence-corrected chi connectivity index (χ2v) is 23.6. The third-order valence-electron chi connectivity index (χ3n) is 15.7. The van der Waals surface area contributed by atoms with Gasteiger partial charge in [0.25, 0.3) is 11.4 Å². The fourth-order valence-corrected chi connectivity index (χ4v) is 9.98. The minimum Gasteiger partial charge on any atom is -0.872 e. The predicted molar refractivity (Wildman–Crippen MR) is 424 cm³/mol. The van der Waals surface area contributed by atoms with Crippen molar-refractivity contribution in [3.05, 3.63) is 452 Å². The number of fused-ring (bicyclic) bond motifs is 2. The third kappa shape index (κ3) is 28.5. The number of hydrogen-bond acceptors (Lipinski definition) is 18. The van der Waals surface area contributed by atoms with Crippen molar-refractivity contribution in [3.63, 3.8) is 0 Å². The standard InChI is InChI=1S/2C16H11N3O3.4C15H12O2.2Eu/c2*20-15-3-1-2-11-4-5-13(18-16(11)15)10-17-12-6-8-14(9-7-12)19(21)22;4*16-14(12-7-3-1-4-8-12)11-15(17)13-9-5-2-6-10-13;;/h2*1-10,20H;4*1-11,16H;;/q;;;;;;2*+3/p-6/b;;4*14-11-;;. The summed E-state index contributed by atoms with van der Waals surface area (Å²) < 4.78 is 0. The molecule has 560 valence electrons. The molecule has 14 aromatic rings. The van der Waals surface area contributed by atoms with Crippen LogP contribution >= 0.6 is 0 Å². The van der Waals surface area contributed by atoms with Crippen molar-refractivity contribution in [3.8, 4) is 11.5 Å². The fraction of sp³-hybridized carbons (Fsp3) is 0. The first-order valence-corrected chi connectivity index (χ1v) is 34.2. The summed E-state index contributed by atoms with van der Waals surface area (Å²) in [7, 11) is 0. The molecule has 0 N–H and O–H groups in total. The van der Waals surface area contributed by atoms with Crippen molar-refractivity contribution in [2.24, 2.45) is 9.98 Å². The zero-order valence-corrected chi connectivity index (χ0v) is 65.0. The molecule has 12 aromatic carbocycles. The summed E-state index contributed by atoms with van der Waals surface area (Å²) in [6, 6.07) is 98.9. The van der Waals surface area contributed by atoms with E-state index in [0.717, 1.165) is 35.1 Å². The van der Waals surface area contributed by atoms with Crippen LogP contribution in [0, 0.1) is 119 Å². The second kappa shape index (κ2) is 46.8. The fourth-order valence-electron chi connectivity index (χ4n) is 9.98. The second-order valence-electron chi connectivity index (χ2n) is 23.6. The molecule has 0 bridgehead atoms. The quantitative estimate of drug-likeness (QED) is 0.0192. The Hall–Kier alpha value is -12.8. The van der Waals surface area contributed by atoms with Gasteiger partial charge in [0.2, 0.25) is 0 Å². The van der Waals surface area contributed by atoms with E-state index in [1.807, 2.05) is 60.7 Å². The smallest absolute Gasteiger partial charge is 0.872 e. The van der Waals surface area contributed by atoms with Crippen LogP contribution in [0.15, 0.2) is 386 Å². The van der Waals surface area contributed by atoms with Gasteiger partial charge in [0.15, 0.2) is 23.1 Å². The molecule has 22 heteroatoms. The molecule has 0 aliphatic carbocycles. The van der Waals surface area contributed by atoms with E-state index in [1.54, 1.807) is 255 Å². The van der Waals surface area contributed by atoms with Crippen LogP contribution in [0.25, 0.3) is 44.8 Å². The van der Waals surface area contributed by atoms with E-state index in [2.05, 4.69) is 20.0 Å². The van der Waals surface area contributed by atoms with Gasteiger partial charge in [-0.1, -0.05) is 326 Å². The van der Waals surface area contributed by atoms with Crippen molar-refractivity contribution >= 4 is 103 Å². The van der Waals surface area contributed by atoms with Crippen molar-refractivity contribution in [1.29, 1.82) is 0 Å². The number of para-hydroxylation sites is 2. The first-order chi connectivity index (χ1) is 54.3. The van der Waals surface area contributed by atoms with Crippen LogP contribution in [0.1, 0.15) is 75.1 Å². The molecule has 0 saturated carbocycles. The van der Waals surface area contributed by atoms with E-state index in [-0.39, 0.29) is 168 Å². The van der Waals surface area contributed by atoms with Crippen molar-refractivity contribution in [1.82, 2.24) is 9.97 Å². The SMILES string of the molecule is O=C(/C=C(\[O-])c1ccccc1)c1ccccc1.O=C(/C=C(\[O-])c1ccccc1)c1ccccc1.O=C(/C=C(\[O-])c1ccccc1)c1ccccc1.O=C(/C=C(\[O-])c1ccccc1)c1ccccc1.O=[N+]([O-])c1ccc(N=Cc2ccc3cccc([O-])c3n2)cc1.O=[N+]([O-])c1ccc(N=Cc2ccc3cccc([O-])c3n2)cc1.[Eu+3].[Eu+3]. The molecule has 0 atom stereocenters. The van der Waals surface area contributed by atoms with Crippen LogP contribution in [-0.2, 0) is 0 Å². The summed E-state index contributed by atoms with van der Waals surface area (Å²) >= 11 is 0. The first kappa shape index (κ1) is 88.4. The Bertz CT molecular complexity index is 5140. The first-order valence-electron chi connectivity index (χ1n) is 34.2. The monoisotopic (exact) mass is 1780 g/mol. The van der Waals surface area contributed by atoms with E-state index in [0.29, 0.717) is 78.3 Å². The Morgan fingerprint density at radius 3 is 0.711 bits per heavy atom. The minimum atomic E-state index is -0.464. The molecule has 0 fully saturated rings. The van der Waals surface area contributed by atoms with Crippen LogP contribution in [0.5, 0.6) is 11.5 Å². The molecule has 2 aromatic heterocycles. The average molecular weight is 1780 g/mol. The average Bonchev–Trinajstić information content (AvgIpc) is 0.823. The minimum absolute atomic E-state index is 0. The van der Waals surface area contributed by atoms with E-state index in [1.165, 1.54) is 48.8 Å². The number of hydrogen-bond donors (Lipinski definition) is 0. The van der Waals surface area contributed by atoms with Crippen LogP contribution in [-0.4, -0.2) is 55.4 Å². The normalized spacial score (nSPS) is 10.9. The van der Waals surface area contributed by atoms with E-state index in [4.69, 9.17) is 0 Å². The zero-order valence-electron chi connectivity index (χ0n) is 60.1. The van der Waals surface area contributed by atoms with Crippen LogP contribution in [0.3, 0.4) is 0 Å². The van der Waals surface area contributed by atoms with E-state index < -0.39 is 9.85 Å². The molecule has 0 aliphatic rings. The van der Waals surface area contributed by atoms with Crippen molar-refractivity contribution in [2.75, 3.05) is 0 Å². The number of aliphatic imine (C=N–C) groups is 2. The topological polar surface area (TPSA) is 343 Å². The van der Waals surface area contributed by atoms with E-state index in [9.17, 15) is 70.0 Å². The van der Waals surface area contributed by atoms with Crippen LogP contribution in [0.4, 0.5) is 22.7 Å². The number of aromatic nitrogens is 2. The zero-order chi connectivity index (χ0) is 79.4. The Balaban J connectivity index is 0.000000190. The number of nitro groups is 2. The Morgan fingerprint density at radius 2 is 0.491 bits per heavy atom. The summed E-state index contributed by atoms with van der Waals surface area (Å²) in [5, 5.41) is 93.2. The maximum absolute atomic E-state index is 11.8. The van der Waals surface area contributed by atoms with E-state index >= 15 is 0 Å². The van der Waals surface area contributed by atoms with Gasteiger partial charge < -0.3 is 30.6 Å². The molecule has 2 heterocycles. The number of ketones is 4. The molecule has 0 spiro atoms. The number of rotatable bonds is 18. The number of carbonyl (C=O) groups excluding carboxylic acids is 4. The molecular formula is C92H64Eu2N6O14. The van der Waals surface area contributed by atoms with Gasteiger partial charge >= 0.3 is 98.8 Å². The number of nitro benzene ring substituents is 2. The van der Waals surface area contributed by atoms with Gasteiger partial charge in [-0.15, -0.1) is 0 Å². The number of pyridine rings is 2. The maximum Gasteiger partial charge on any atom is 3.00 e. The van der Waals surface area contributed by atoms with Gasteiger partial charge in [-0.25, -0.2) is 9.97 Å². The van der Waals surface area contributed by atoms with Gasteiger partial charge in [-0.3, -0.25) is 49.4 Å². The van der Waals surface area contributed by atoms with Crippen LogP contribution in [0.2, 0.25) is 0 Å². The molecule has 0 radical (unpaired) electrons. The summed E-state index contributed by atoms with van der Waals surface area (Å²) in [5.74, 6) is -2.39. The van der Waals surface area contributed by atoms with Gasteiger partial charge in [0.05, 0.1) is 56.1 Å². The third-order valence-corrected chi connectivity index (χ3v) is 15.7. The molecule has 0 aliphatic heterocycles. The van der Waals surface area contributed by atoms with Crippen molar-refractivity contribution < 1.29 is 158 Å². The molecule has 14 rings (SSSR count). The molecular weight excluding hydrogens is 1720 g/mol. The number of benzene rings is 12. The maximum atomic E-state index is 11.8. The summed E-state index contributed by atoms with van der Waals surface area (Å²) in [5.41, 5.74) is 7.27. The van der Waals surface area contributed by atoms with Crippen molar-refractivity contribution in [2.45, 2.75) is 0 Å². The number of non-ortho nitro benzene ring substituents is 2. The van der Waals surface area contributed by atoms with Gasteiger partial charge in [-0.2, -0.15) is 0 Å². The number of allylic oxidation sites excluding steroid dienone is 4. The Morgan fingerprint density at radius 1 is 0.272 bits per heavy atom. The van der Waals surface area contributed by atoms with Crippen LogP contribution < -0.4 is 30.6 Å². The molecule has 20 nitrogen and oxygen atoms in total. The summed E-state index contributed by atoms with van der Waals surface area (Å²) in [6.07, 6.45) is 7.56. The summed E-state index contributed by atoms with van der Waals surface area (Å²) in [6.45, 7) is 0. The van der Waals surface area contributed by atoms with Gasteiger partial charge in [0, 0.05) is 46.5 Å². The predicted octanol–water partition coefficient (Wildman–Crippen LogP) is 15.0. The molecule has 114 heavy (non-hydrogen) atoms. The number of nitrogens with zero attached hydrogens (tertiary/aromatic N) is 6. The Kier molecular flexibility index (Phi) is 36.3. The largest absolute Gasteiger partial charge is 3.00 e. The molecule has 0 unspecified atom stereocenters. The molecule has 0 amide bonds. The Labute approximate surface area is 737 Å². The summed E-state index contributed by atoms with van der Waals surface area (Å²) in [4.78, 5) is 84.2.